The fraction of sp³-hybridized carbons (Fsp3) is 0.552. The molecule has 9 nitrogen and oxygen atoms in total. The summed E-state index contributed by atoms with van der Waals surface area (Å²) in [5.74, 6) is 0.750. The van der Waals surface area contributed by atoms with Gasteiger partial charge in [0, 0.05) is 36.3 Å². The van der Waals surface area contributed by atoms with Crippen LogP contribution in [0.5, 0.6) is 0 Å². The quantitative estimate of drug-likeness (QED) is 0.489. The highest BCUT2D eigenvalue weighted by Gasteiger charge is 2.47. The topological polar surface area (TPSA) is 100 Å². The summed E-state index contributed by atoms with van der Waals surface area (Å²) < 4.78 is 1.67. The Morgan fingerprint density at radius 1 is 1.20 bits per heavy atom. The van der Waals surface area contributed by atoms with Gasteiger partial charge in [-0.2, -0.15) is 0 Å². The first kappa shape index (κ1) is 26.1. The Kier molecular flexibility index (Phi) is 6.29. The third kappa shape index (κ3) is 4.01. The third-order valence-electron chi connectivity index (χ3n) is 9.57. The average molecular weight is 581 g/mol. The van der Waals surface area contributed by atoms with Gasteiger partial charge in [0.25, 0.3) is 5.56 Å². The molecule has 3 aromatic rings. The van der Waals surface area contributed by atoms with E-state index in [1.54, 1.807) is 22.0 Å². The third-order valence-corrected chi connectivity index (χ3v) is 11.0. The van der Waals surface area contributed by atoms with E-state index >= 15 is 0 Å². The van der Waals surface area contributed by atoms with Gasteiger partial charge >= 0.3 is 0 Å². The second-order valence-electron chi connectivity index (χ2n) is 12.1. The number of likely N-dealkylation sites (tertiary alicyclic amines) is 1. The molecule has 1 N–H and O–H groups in total. The van der Waals surface area contributed by atoms with E-state index in [0.717, 1.165) is 73.8 Å². The summed E-state index contributed by atoms with van der Waals surface area (Å²) in [7, 11) is 4.15. The molecule has 0 bridgehead atoms. The van der Waals surface area contributed by atoms with Crippen LogP contribution < -0.4 is 10.9 Å². The Bertz CT molecular complexity index is 1610. The molecule has 5 heterocycles. The Balaban J connectivity index is 1.20. The van der Waals surface area contributed by atoms with Crippen LogP contribution >= 0.6 is 22.9 Å². The van der Waals surface area contributed by atoms with Crippen molar-refractivity contribution in [1.82, 2.24) is 24.3 Å². The van der Waals surface area contributed by atoms with Crippen LogP contribution in [0.4, 0.5) is 11.5 Å². The van der Waals surface area contributed by atoms with Crippen LogP contribution in [0.25, 0.3) is 10.2 Å². The Labute approximate surface area is 241 Å². The van der Waals surface area contributed by atoms with Gasteiger partial charge in [-0.3, -0.25) is 19.0 Å². The minimum absolute atomic E-state index is 0.0221. The summed E-state index contributed by atoms with van der Waals surface area (Å²) in [5, 5.41) is 4.50. The Morgan fingerprint density at radius 3 is 2.75 bits per heavy atom. The number of Topliss-reactive ketones (excluding diaryl/α,β-unsaturated/α-hetero) is 1. The normalized spacial score (nSPS) is 23.4. The maximum Gasteiger partial charge on any atom is 0.275 e. The number of carbonyl (C=O) groups is 2. The molecule has 1 spiro atoms. The second kappa shape index (κ2) is 9.63. The molecule has 1 amide bonds. The molecule has 40 heavy (non-hydrogen) atoms. The SMILES string of the molecule is CN(C)[C@H]1CCN(C(=O)[C@H]2CCc3c(sc4ncnc(Nc5cc(Cl)c6n(c5=O)C5(CCCC5)CC6=O)c34)C2)C1. The molecule has 210 valence electrons. The van der Waals surface area contributed by atoms with Gasteiger partial charge < -0.3 is 15.1 Å². The molecule has 2 aliphatic heterocycles. The first-order valence-electron chi connectivity index (χ1n) is 14.2. The molecule has 0 radical (unpaired) electrons. The first-order chi connectivity index (χ1) is 19.3. The van der Waals surface area contributed by atoms with Gasteiger partial charge in [0.2, 0.25) is 5.91 Å². The number of pyridine rings is 1. The van der Waals surface area contributed by atoms with E-state index in [1.807, 2.05) is 4.90 Å². The molecule has 1 saturated carbocycles. The summed E-state index contributed by atoms with van der Waals surface area (Å²) in [6.45, 7) is 1.62. The van der Waals surface area contributed by atoms with Crippen molar-refractivity contribution in [2.24, 2.45) is 5.92 Å². The predicted molar refractivity (Wildman–Crippen MR) is 156 cm³/mol. The van der Waals surface area contributed by atoms with Crippen molar-refractivity contribution in [3.05, 3.63) is 43.9 Å². The molecule has 2 fully saturated rings. The monoisotopic (exact) mass is 580 g/mol. The lowest BCUT2D eigenvalue weighted by Gasteiger charge is -2.27. The molecule has 4 aliphatic rings. The van der Waals surface area contributed by atoms with Crippen molar-refractivity contribution in [2.75, 3.05) is 32.5 Å². The number of nitrogens with one attached hydrogen (secondary N) is 1. The van der Waals surface area contributed by atoms with Gasteiger partial charge in [0.05, 0.1) is 15.9 Å². The molecule has 0 aromatic carbocycles. The van der Waals surface area contributed by atoms with E-state index in [-0.39, 0.29) is 23.2 Å². The number of hydrogen-bond donors (Lipinski definition) is 1. The van der Waals surface area contributed by atoms with Gasteiger partial charge in [-0.15, -0.1) is 11.3 Å². The van der Waals surface area contributed by atoms with Crippen molar-refractivity contribution in [3.63, 3.8) is 0 Å². The number of thiophene rings is 1. The molecule has 3 aromatic heterocycles. The Morgan fingerprint density at radius 2 is 2.00 bits per heavy atom. The zero-order chi connectivity index (χ0) is 27.8. The van der Waals surface area contributed by atoms with Crippen LogP contribution in [0.15, 0.2) is 17.2 Å². The number of nitrogens with zero attached hydrogens (tertiary/aromatic N) is 5. The Hall–Kier alpha value is -2.82. The molecule has 7 rings (SSSR count). The van der Waals surface area contributed by atoms with Crippen molar-refractivity contribution < 1.29 is 9.59 Å². The summed E-state index contributed by atoms with van der Waals surface area (Å²) >= 11 is 8.23. The lowest BCUT2D eigenvalue weighted by Crippen LogP contribution is -2.39. The zero-order valence-corrected chi connectivity index (χ0v) is 24.4. The van der Waals surface area contributed by atoms with E-state index in [1.165, 1.54) is 11.2 Å². The number of likely N-dealkylation sites (N-methyl/N-ethyl adjacent to an activating group) is 1. The van der Waals surface area contributed by atoms with E-state index in [2.05, 4.69) is 34.3 Å². The fourth-order valence-corrected chi connectivity index (χ4v) is 9.01. The predicted octanol–water partition coefficient (Wildman–Crippen LogP) is 4.37. The maximum absolute atomic E-state index is 13.8. The van der Waals surface area contributed by atoms with Crippen LogP contribution in [0, 0.1) is 5.92 Å². The first-order valence-corrected chi connectivity index (χ1v) is 15.4. The van der Waals surface area contributed by atoms with E-state index in [9.17, 15) is 14.4 Å². The standard InChI is InChI=1S/C29H33ClN6O3S/c1-34(2)17-7-10-35(14-17)27(38)16-5-6-18-22(11-16)40-26-23(18)25(31-15-32-26)33-20-12-19(30)24-21(37)13-29(8-3-4-9-29)36(24)28(20)39/h12,15-17H,3-11,13-14H2,1-2H3,(H,31,32,33)/t16-,17-/m0/s1. The van der Waals surface area contributed by atoms with Gasteiger partial charge in [-0.25, -0.2) is 9.97 Å². The maximum atomic E-state index is 13.8. The smallest absolute Gasteiger partial charge is 0.275 e. The summed E-state index contributed by atoms with van der Waals surface area (Å²) in [6, 6.07) is 2.00. The minimum Gasteiger partial charge on any atom is -0.341 e. The van der Waals surface area contributed by atoms with Crippen LogP contribution in [0.1, 0.15) is 65.9 Å². The van der Waals surface area contributed by atoms with Gasteiger partial charge in [0.15, 0.2) is 5.78 Å². The number of hydrogen-bond acceptors (Lipinski definition) is 8. The van der Waals surface area contributed by atoms with E-state index in [0.29, 0.717) is 41.1 Å². The number of aryl methyl sites for hydroxylation is 1. The molecular weight excluding hydrogens is 548 g/mol. The highest BCUT2D eigenvalue weighted by molar-refractivity contribution is 7.19. The van der Waals surface area contributed by atoms with Crippen LogP contribution in [-0.2, 0) is 23.2 Å². The lowest BCUT2D eigenvalue weighted by atomic mass is 9.87. The number of amides is 1. The summed E-state index contributed by atoms with van der Waals surface area (Å²) in [4.78, 5) is 55.4. The largest absolute Gasteiger partial charge is 0.341 e. The molecule has 11 heteroatoms. The molecule has 1 saturated heterocycles. The van der Waals surface area contributed by atoms with Crippen LogP contribution in [-0.4, -0.2) is 69.3 Å². The zero-order valence-electron chi connectivity index (χ0n) is 22.8. The fourth-order valence-electron chi connectivity index (χ4n) is 7.45. The number of aromatic nitrogens is 3. The second-order valence-corrected chi connectivity index (χ2v) is 13.6. The van der Waals surface area contributed by atoms with E-state index < -0.39 is 5.54 Å². The van der Waals surface area contributed by atoms with Gasteiger partial charge in [-0.05, 0) is 64.3 Å². The highest BCUT2D eigenvalue weighted by Crippen LogP contribution is 2.46. The number of halogens is 1. The highest BCUT2D eigenvalue weighted by atomic mass is 35.5. The molecule has 0 unspecified atom stereocenters. The van der Waals surface area contributed by atoms with Crippen LogP contribution in [0.3, 0.4) is 0 Å². The number of anilines is 2. The van der Waals surface area contributed by atoms with Crippen molar-refractivity contribution in [1.29, 1.82) is 0 Å². The molecule has 2 atom stereocenters. The number of fused-ring (bicyclic) bond motifs is 5. The molecular formula is C29H33ClN6O3S. The molecule has 2 aliphatic carbocycles. The van der Waals surface area contributed by atoms with Gasteiger partial charge in [0.1, 0.15) is 28.4 Å². The number of ketones is 1. The van der Waals surface area contributed by atoms with Crippen molar-refractivity contribution in [2.45, 2.75) is 69.4 Å². The van der Waals surface area contributed by atoms with Crippen molar-refractivity contribution in [3.8, 4) is 0 Å². The average Bonchev–Trinajstić information content (AvgIpc) is 3.72. The van der Waals surface area contributed by atoms with Crippen LogP contribution in [0.2, 0.25) is 5.02 Å². The number of carbonyl (C=O) groups excluding carboxylic acids is 2. The summed E-state index contributed by atoms with van der Waals surface area (Å²) in [6.07, 6.45) is 8.75. The van der Waals surface area contributed by atoms with Gasteiger partial charge in [-0.1, -0.05) is 24.4 Å². The van der Waals surface area contributed by atoms with E-state index in [4.69, 9.17) is 11.6 Å². The lowest BCUT2D eigenvalue weighted by molar-refractivity contribution is -0.134. The number of rotatable bonds is 4. The minimum atomic E-state index is -0.461. The van der Waals surface area contributed by atoms with Crippen molar-refractivity contribution >= 4 is 56.4 Å². The summed E-state index contributed by atoms with van der Waals surface area (Å²) in [5.41, 5.74) is 1.13.